The molecule has 0 unspecified atom stereocenters. The van der Waals surface area contributed by atoms with Gasteiger partial charge in [0.15, 0.2) is 11.8 Å². The van der Waals surface area contributed by atoms with Crippen LogP contribution in [0.2, 0.25) is 0 Å². The lowest BCUT2D eigenvalue weighted by Crippen LogP contribution is -2.62. The van der Waals surface area contributed by atoms with E-state index in [9.17, 15) is 0 Å². The van der Waals surface area contributed by atoms with Gasteiger partial charge in [0.05, 0.1) is 0 Å². The minimum atomic E-state index is 0.290. The van der Waals surface area contributed by atoms with E-state index in [1.54, 1.807) is 0 Å². The smallest absolute Gasteiger partial charge is 0.399 e. The Balaban J connectivity index is 2.21. The van der Waals surface area contributed by atoms with Crippen molar-refractivity contribution in [3.8, 4) is 0 Å². The van der Waals surface area contributed by atoms with Crippen molar-refractivity contribution in [3.63, 3.8) is 0 Å². The number of nitrogens with zero attached hydrogens (tertiary/aromatic N) is 2. The maximum atomic E-state index is 2.36. The van der Waals surface area contributed by atoms with Crippen molar-refractivity contribution in [3.05, 3.63) is 58.6 Å². The second-order valence-corrected chi connectivity index (χ2v) is 6.62. The topological polar surface area (TPSA) is 7.12 Å². The minimum absolute atomic E-state index is 0.290. The fourth-order valence-corrected chi connectivity index (χ4v) is 3.38. The Bertz CT molecular complexity index is 824. The zero-order chi connectivity index (χ0) is 15.9. The average Bonchev–Trinajstić information content (AvgIpc) is 2.48. The van der Waals surface area contributed by atoms with Gasteiger partial charge in [0, 0.05) is 12.1 Å². The molecule has 0 saturated carbocycles. The van der Waals surface area contributed by atoms with Gasteiger partial charge in [0.1, 0.15) is 7.05 Å². The molecule has 0 fully saturated rings. The van der Waals surface area contributed by atoms with Gasteiger partial charge in [0.2, 0.25) is 0 Å². The zero-order valence-electron chi connectivity index (χ0n) is 14.2. The SMILES string of the molecule is CC1=c2ccccc2=CN(C)B1c1cc(C(C)C)cc[n+]1C. The van der Waals surface area contributed by atoms with Crippen LogP contribution in [-0.4, -0.2) is 18.7 Å². The van der Waals surface area contributed by atoms with Crippen molar-refractivity contribution in [2.45, 2.75) is 26.7 Å². The average molecular weight is 291 g/mol. The predicted molar refractivity (Wildman–Crippen MR) is 94.1 cm³/mol. The van der Waals surface area contributed by atoms with Crippen molar-refractivity contribution < 1.29 is 4.57 Å². The molecule has 0 aliphatic carbocycles. The number of aromatic nitrogens is 1. The van der Waals surface area contributed by atoms with Crippen molar-refractivity contribution in [2.24, 2.45) is 7.05 Å². The van der Waals surface area contributed by atoms with Gasteiger partial charge in [-0.05, 0) is 42.1 Å². The Labute approximate surface area is 133 Å². The first kappa shape index (κ1) is 14.9. The van der Waals surface area contributed by atoms with Crippen molar-refractivity contribution in [2.75, 3.05) is 7.05 Å². The molecule has 1 aliphatic rings. The molecular formula is C19H24BN2+. The summed E-state index contributed by atoms with van der Waals surface area (Å²) >= 11 is 0. The zero-order valence-corrected chi connectivity index (χ0v) is 14.2. The Kier molecular flexibility index (Phi) is 3.82. The molecule has 3 heteroatoms. The predicted octanol–water partition coefficient (Wildman–Crippen LogP) is 0.926. The Morgan fingerprint density at radius 2 is 1.86 bits per heavy atom. The van der Waals surface area contributed by atoms with Crippen LogP contribution >= 0.6 is 0 Å². The molecule has 1 aromatic heterocycles. The summed E-state index contributed by atoms with van der Waals surface area (Å²) in [6.45, 7) is 7.05. The molecule has 3 rings (SSSR count). The van der Waals surface area contributed by atoms with Gasteiger partial charge in [-0.3, -0.25) is 0 Å². The summed E-state index contributed by atoms with van der Waals surface area (Å²) in [5, 5.41) is 2.67. The van der Waals surface area contributed by atoms with Crippen molar-refractivity contribution in [1.29, 1.82) is 0 Å². The second-order valence-electron chi connectivity index (χ2n) is 6.62. The Hall–Kier alpha value is -2.03. The van der Waals surface area contributed by atoms with Crippen LogP contribution in [0.15, 0.2) is 42.6 Å². The molecular weight excluding hydrogens is 267 g/mol. The van der Waals surface area contributed by atoms with Gasteiger partial charge in [-0.15, -0.1) is 0 Å². The molecule has 2 aromatic rings. The Morgan fingerprint density at radius 3 is 2.59 bits per heavy atom. The normalized spacial score (nSPS) is 14.2. The van der Waals surface area contributed by atoms with Crippen LogP contribution in [0, 0.1) is 0 Å². The number of hydrogen-bond acceptors (Lipinski definition) is 1. The van der Waals surface area contributed by atoms with Gasteiger partial charge < -0.3 is 4.81 Å². The number of aryl methyl sites for hydroxylation is 1. The molecule has 2 nitrogen and oxygen atoms in total. The first-order chi connectivity index (χ1) is 10.5. The van der Waals surface area contributed by atoms with Gasteiger partial charge in [-0.25, -0.2) is 4.57 Å². The van der Waals surface area contributed by atoms with Gasteiger partial charge >= 0.3 is 6.85 Å². The number of rotatable bonds is 2. The Morgan fingerprint density at radius 1 is 1.14 bits per heavy atom. The van der Waals surface area contributed by atoms with Crippen LogP contribution in [-0.2, 0) is 7.05 Å². The monoisotopic (exact) mass is 291 g/mol. The molecule has 0 N–H and O–H groups in total. The molecule has 0 saturated heterocycles. The summed E-state index contributed by atoms with van der Waals surface area (Å²) in [5.74, 6) is 0.547. The second kappa shape index (κ2) is 5.64. The van der Waals surface area contributed by atoms with E-state index in [-0.39, 0.29) is 0 Å². The highest BCUT2D eigenvalue weighted by Crippen LogP contribution is 2.13. The van der Waals surface area contributed by atoms with E-state index in [1.807, 2.05) is 0 Å². The van der Waals surface area contributed by atoms with Gasteiger partial charge in [-0.2, -0.15) is 0 Å². The summed E-state index contributed by atoms with van der Waals surface area (Å²) < 4.78 is 2.25. The quantitative estimate of drug-likeness (QED) is 0.590. The standard InChI is InChI=1S/C19H24BN2/c1-14(2)16-10-11-21(4)19(12-16)20-15(3)18-9-7-6-8-17(18)13-22(20)5/h6-14H,1-5H3/q+1. The molecule has 22 heavy (non-hydrogen) atoms. The maximum Gasteiger partial charge on any atom is 0.399 e. The van der Waals surface area contributed by atoms with Crippen LogP contribution in [0.5, 0.6) is 0 Å². The van der Waals surface area contributed by atoms with Crippen LogP contribution < -0.4 is 20.6 Å². The lowest BCUT2D eigenvalue weighted by molar-refractivity contribution is -0.654. The fourth-order valence-electron chi connectivity index (χ4n) is 3.38. The van der Waals surface area contributed by atoms with Crippen LogP contribution in [0.25, 0.3) is 11.7 Å². The van der Waals surface area contributed by atoms with Crippen LogP contribution in [0.4, 0.5) is 0 Å². The largest absolute Gasteiger partial charge is 0.410 e. The number of fused-ring (bicyclic) bond motifs is 1. The summed E-state index contributed by atoms with van der Waals surface area (Å²) in [6.07, 6.45) is 4.45. The highest BCUT2D eigenvalue weighted by Gasteiger charge is 2.33. The first-order valence-corrected chi connectivity index (χ1v) is 7.98. The minimum Gasteiger partial charge on any atom is -0.410 e. The van der Waals surface area contributed by atoms with Gasteiger partial charge in [0.25, 0.3) is 0 Å². The summed E-state index contributed by atoms with van der Waals surface area (Å²) in [6, 6.07) is 13.2. The molecule has 0 radical (unpaired) electrons. The van der Waals surface area contributed by atoms with E-state index >= 15 is 0 Å². The number of pyridine rings is 1. The van der Waals surface area contributed by atoms with Crippen LogP contribution in [0.1, 0.15) is 32.3 Å². The summed E-state index contributed by atoms with van der Waals surface area (Å²) in [7, 11) is 4.31. The van der Waals surface area contributed by atoms with E-state index in [4.69, 9.17) is 0 Å². The van der Waals surface area contributed by atoms with E-state index in [0.717, 1.165) is 0 Å². The van der Waals surface area contributed by atoms with E-state index in [2.05, 4.69) is 93.0 Å². The highest BCUT2D eigenvalue weighted by molar-refractivity contribution is 6.85. The molecule has 112 valence electrons. The number of hydrogen-bond donors (Lipinski definition) is 0. The molecule has 1 aromatic carbocycles. The van der Waals surface area contributed by atoms with E-state index < -0.39 is 0 Å². The maximum absolute atomic E-state index is 2.36. The fraction of sp³-hybridized carbons (Fsp3) is 0.316. The molecule has 0 atom stereocenters. The van der Waals surface area contributed by atoms with Crippen molar-refractivity contribution >= 4 is 24.1 Å². The van der Waals surface area contributed by atoms with Crippen molar-refractivity contribution in [1.82, 2.24) is 4.81 Å². The summed E-state index contributed by atoms with van der Waals surface area (Å²) in [5.41, 5.74) is 4.15. The van der Waals surface area contributed by atoms with Gasteiger partial charge in [-0.1, -0.05) is 43.6 Å². The lowest BCUT2D eigenvalue weighted by Gasteiger charge is -2.26. The lowest BCUT2D eigenvalue weighted by atomic mass is 9.49. The molecule has 0 spiro atoms. The summed E-state index contributed by atoms with van der Waals surface area (Å²) in [4.78, 5) is 2.33. The van der Waals surface area contributed by atoms with E-state index in [1.165, 1.54) is 27.1 Å². The van der Waals surface area contributed by atoms with E-state index in [0.29, 0.717) is 12.8 Å². The third-order valence-electron chi connectivity index (χ3n) is 4.71. The molecule has 0 bridgehead atoms. The molecule has 0 amide bonds. The third-order valence-corrected chi connectivity index (χ3v) is 4.71. The first-order valence-electron chi connectivity index (χ1n) is 7.98. The number of benzene rings is 1. The highest BCUT2D eigenvalue weighted by atomic mass is 15.0. The molecule has 1 aliphatic heterocycles. The van der Waals surface area contributed by atoms with Crippen LogP contribution in [0.3, 0.4) is 0 Å². The molecule has 2 heterocycles. The third kappa shape index (κ3) is 2.45.